The maximum absolute atomic E-state index is 11.6. The molecular weight excluding hydrogens is 188 g/mol. The summed E-state index contributed by atoms with van der Waals surface area (Å²) in [5.74, 6) is 1.63. The van der Waals surface area contributed by atoms with Crippen molar-refractivity contribution in [2.75, 3.05) is 6.54 Å². The highest BCUT2D eigenvalue weighted by Gasteiger charge is 2.24. The highest BCUT2D eigenvalue weighted by molar-refractivity contribution is 5.81. The molecule has 0 spiro atoms. The summed E-state index contributed by atoms with van der Waals surface area (Å²) in [6.07, 6.45) is 3.85. The third-order valence-corrected chi connectivity index (χ3v) is 3.60. The van der Waals surface area contributed by atoms with Gasteiger partial charge in [-0.15, -0.1) is 0 Å². The van der Waals surface area contributed by atoms with Gasteiger partial charge in [-0.2, -0.15) is 0 Å². The SMILES string of the molecule is CC1CCCC1CNC(=O)[C@H](N)C(C)C. The van der Waals surface area contributed by atoms with Gasteiger partial charge in [0.25, 0.3) is 0 Å². The summed E-state index contributed by atoms with van der Waals surface area (Å²) in [5.41, 5.74) is 5.77. The Morgan fingerprint density at radius 3 is 2.60 bits per heavy atom. The van der Waals surface area contributed by atoms with Crippen molar-refractivity contribution in [3.63, 3.8) is 0 Å². The van der Waals surface area contributed by atoms with Crippen molar-refractivity contribution in [3.05, 3.63) is 0 Å². The second-order valence-electron chi connectivity index (χ2n) is 5.18. The Morgan fingerprint density at radius 2 is 2.13 bits per heavy atom. The monoisotopic (exact) mass is 212 g/mol. The predicted octanol–water partition coefficient (Wildman–Crippen LogP) is 1.52. The van der Waals surface area contributed by atoms with Crippen molar-refractivity contribution in [2.24, 2.45) is 23.5 Å². The van der Waals surface area contributed by atoms with Crippen molar-refractivity contribution in [2.45, 2.75) is 46.1 Å². The molecule has 1 rings (SSSR count). The second kappa shape index (κ2) is 5.50. The molecule has 1 amide bonds. The van der Waals surface area contributed by atoms with E-state index in [1.165, 1.54) is 19.3 Å². The zero-order chi connectivity index (χ0) is 11.4. The van der Waals surface area contributed by atoms with Gasteiger partial charge >= 0.3 is 0 Å². The smallest absolute Gasteiger partial charge is 0.237 e. The van der Waals surface area contributed by atoms with Gasteiger partial charge in [0.1, 0.15) is 0 Å². The summed E-state index contributed by atoms with van der Waals surface area (Å²) in [7, 11) is 0. The molecule has 0 aromatic heterocycles. The quantitative estimate of drug-likeness (QED) is 0.742. The lowest BCUT2D eigenvalue weighted by molar-refractivity contribution is -0.123. The van der Waals surface area contributed by atoms with Gasteiger partial charge in [0.05, 0.1) is 6.04 Å². The minimum atomic E-state index is -0.360. The van der Waals surface area contributed by atoms with E-state index < -0.39 is 0 Å². The van der Waals surface area contributed by atoms with E-state index in [4.69, 9.17) is 5.73 Å². The number of amides is 1. The first-order chi connectivity index (χ1) is 7.02. The van der Waals surface area contributed by atoms with Crippen LogP contribution in [0.1, 0.15) is 40.0 Å². The number of nitrogens with two attached hydrogens (primary N) is 1. The van der Waals surface area contributed by atoms with E-state index in [-0.39, 0.29) is 17.9 Å². The molecule has 3 atom stereocenters. The van der Waals surface area contributed by atoms with Crippen LogP contribution in [0.4, 0.5) is 0 Å². The van der Waals surface area contributed by atoms with E-state index >= 15 is 0 Å². The molecule has 3 heteroatoms. The molecule has 0 aromatic rings. The van der Waals surface area contributed by atoms with Gasteiger partial charge in [-0.05, 0) is 24.2 Å². The number of rotatable bonds is 4. The average molecular weight is 212 g/mol. The second-order valence-corrected chi connectivity index (χ2v) is 5.18. The zero-order valence-corrected chi connectivity index (χ0v) is 10.1. The molecule has 1 fully saturated rings. The lowest BCUT2D eigenvalue weighted by atomic mass is 9.97. The number of carbonyl (C=O) groups excluding carboxylic acids is 1. The van der Waals surface area contributed by atoms with Crippen LogP contribution in [0.2, 0.25) is 0 Å². The summed E-state index contributed by atoms with van der Waals surface area (Å²) in [6, 6.07) is -0.360. The van der Waals surface area contributed by atoms with Gasteiger partial charge < -0.3 is 11.1 Å². The van der Waals surface area contributed by atoms with Crippen molar-refractivity contribution in [1.82, 2.24) is 5.32 Å². The minimum absolute atomic E-state index is 0.00380. The Morgan fingerprint density at radius 1 is 1.47 bits per heavy atom. The molecule has 2 unspecified atom stereocenters. The summed E-state index contributed by atoms with van der Waals surface area (Å²) in [6.45, 7) is 7.03. The minimum Gasteiger partial charge on any atom is -0.354 e. The molecule has 15 heavy (non-hydrogen) atoms. The fourth-order valence-electron chi connectivity index (χ4n) is 2.18. The molecule has 0 radical (unpaired) electrons. The number of nitrogens with one attached hydrogen (secondary N) is 1. The van der Waals surface area contributed by atoms with Crippen LogP contribution in [0.15, 0.2) is 0 Å². The van der Waals surface area contributed by atoms with E-state index in [0.717, 1.165) is 12.5 Å². The van der Waals surface area contributed by atoms with E-state index in [9.17, 15) is 4.79 Å². The predicted molar refractivity (Wildman–Crippen MR) is 62.3 cm³/mol. The van der Waals surface area contributed by atoms with Crippen LogP contribution >= 0.6 is 0 Å². The first-order valence-corrected chi connectivity index (χ1v) is 6.05. The van der Waals surface area contributed by atoms with Crippen LogP contribution in [-0.4, -0.2) is 18.5 Å². The molecule has 0 heterocycles. The van der Waals surface area contributed by atoms with Gasteiger partial charge in [0, 0.05) is 6.54 Å². The largest absolute Gasteiger partial charge is 0.354 e. The van der Waals surface area contributed by atoms with E-state index in [0.29, 0.717) is 5.92 Å². The van der Waals surface area contributed by atoms with Crippen molar-refractivity contribution < 1.29 is 4.79 Å². The van der Waals surface area contributed by atoms with Crippen LogP contribution < -0.4 is 11.1 Å². The highest BCUT2D eigenvalue weighted by Crippen LogP contribution is 2.30. The third-order valence-electron chi connectivity index (χ3n) is 3.60. The van der Waals surface area contributed by atoms with Gasteiger partial charge in [-0.3, -0.25) is 4.79 Å². The van der Waals surface area contributed by atoms with E-state index in [2.05, 4.69) is 12.2 Å². The highest BCUT2D eigenvalue weighted by atomic mass is 16.2. The molecule has 0 aromatic carbocycles. The standard InChI is InChI=1S/C12H24N2O/c1-8(2)11(13)12(15)14-7-10-6-4-5-9(10)3/h8-11H,4-7,13H2,1-3H3,(H,14,15)/t9?,10?,11-/m1/s1. The maximum atomic E-state index is 11.6. The Labute approximate surface area is 92.8 Å². The lowest BCUT2D eigenvalue weighted by Crippen LogP contribution is -2.45. The first-order valence-electron chi connectivity index (χ1n) is 6.05. The van der Waals surface area contributed by atoms with Crippen LogP contribution in [0.5, 0.6) is 0 Å². The number of carbonyl (C=O) groups is 1. The maximum Gasteiger partial charge on any atom is 0.237 e. The molecular formula is C12H24N2O. The molecule has 1 aliphatic rings. The zero-order valence-electron chi connectivity index (χ0n) is 10.1. The van der Waals surface area contributed by atoms with Gasteiger partial charge in [0.2, 0.25) is 5.91 Å². The normalized spacial score (nSPS) is 28.1. The Kier molecular flexibility index (Phi) is 4.58. The van der Waals surface area contributed by atoms with Gasteiger partial charge in [-0.1, -0.05) is 33.6 Å². The van der Waals surface area contributed by atoms with Crippen molar-refractivity contribution >= 4 is 5.91 Å². The summed E-state index contributed by atoms with van der Waals surface area (Å²) >= 11 is 0. The summed E-state index contributed by atoms with van der Waals surface area (Å²) < 4.78 is 0. The Hall–Kier alpha value is -0.570. The molecule has 1 saturated carbocycles. The van der Waals surface area contributed by atoms with E-state index in [1.54, 1.807) is 0 Å². The third kappa shape index (κ3) is 3.49. The lowest BCUT2D eigenvalue weighted by Gasteiger charge is -2.19. The first kappa shape index (κ1) is 12.5. The molecule has 3 N–H and O–H groups in total. The topological polar surface area (TPSA) is 55.1 Å². The van der Waals surface area contributed by atoms with Crippen LogP contribution in [-0.2, 0) is 4.79 Å². The molecule has 88 valence electrons. The van der Waals surface area contributed by atoms with Gasteiger partial charge in [-0.25, -0.2) is 0 Å². The van der Waals surface area contributed by atoms with Gasteiger partial charge in [0.15, 0.2) is 0 Å². The average Bonchev–Trinajstić information content (AvgIpc) is 2.59. The Balaban J connectivity index is 2.27. The van der Waals surface area contributed by atoms with Crippen molar-refractivity contribution in [3.8, 4) is 0 Å². The fourth-order valence-corrected chi connectivity index (χ4v) is 2.18. The molecule has 0 bridgehead atoms. The molecule has 3 nitrogen and oxygen atoms in total. The molecule has 0 aliphatic heterocycles. The summed E-state index contributed by atoms with van der Waals surface area (Å²) in [5, 5.41) is 2.97. The fraction of sp³-hybridized carbons (Fsp3) is 0.917. The molecule has 1 aliphatic carbocycles. The Bertz CT molecular complexity index is 216. The number of hydrogen-bond acceptors (Lipinski definition) is 2. The number of hydrogen-bond donors (Lipinski definition) is 2. The van der Waals surface area contributed by atoms with Crippen LogP contribution in [0.25, 0.3) is 0 Å². The summed E-state index contributed by atoms with van der Waals surface area (Å²) in [4.78, 5) is 11.6. The van der Waals surface area contributed by atoms with Crippen molar-refractivity contribution in [1.29, 1.82) is 0 Å². The molecule has 0 saturated heterocycles. The van der Waals surface area contributed by atoms with Crippen LogP contribution in [0.3, 0.4) is 0 Å². The van der Waals surface area contributed by atoms with E-state index in [1.807, 2.05) is 13.8 Å². The van der Waals surface area contributed by atoms with Crippen LogP contribution in [0, 0.1) is 17.8 Å².